The van der Waals surface area contributed by atoms with Crippen LogP contribution < -0.4 is 0 Å². The van der Waals surface area contributed by atoms with Gasteiger partial charge in [-0.15, -0.1) is 11.3 Å². The number of thiophene rings is 1. The van der Waals surface area contributed by atoms with Crippen molar-refractivity contribution in [1.29, 1.82) is 0 Å². The molecule has 2 aromatic heterocycles. The Labute approximate surface area is 126 Å². The number of hydrogen-bond donors (Lipinski definition) is 0. The molecule has 3 rings (SSSR count). The number of carbonyl (C=O) groups is 2. The van der Waals surface area contributed by atoms with Gasteiger partial charge in [-0.25, -0.2) is 4.98 Å². The van der Waals surface area contributed by atoms with Crippen LogP contribution >= 0.6 is 11.3 Å². The predicted molar refractivity (Wildman–Crippen MR) is 77.6 cm³/mol. The van der Waals surface area contributed by atoms with Crippen molar-refractivity contribution in [3.05, 3.63) is 29.0 Å². The van der Waals surface area contributed by atoms with Crippen LogP contribution in [-0.2, 0) is 16.0 Å². The first kappa shape index (κ1) is 13.8. The molecule has 0 radical (unpaired) electrons. The molecule has 0 atom stereocenters. The van der Waals surface area contributed by atoms with Gasteiger partial charge in [0.1, 0.15) is 12.3 Å². The molecule has 0 bridgehead atoms. The van der Waals surface area contributed by atoms with Gasteiger partial charge < -0.3 is 14.2 Å². The lowest BCUT2D eigenvalue weighted by molar-refractivity contribution is -0.131. The van der Waals surface area contributed by atoms with Crippen molar-refractivity contribution in [2.75, 3.05) is 20.3 Å². The topological polar surface area (TPSA) is 66.7 Å². The van der Waals surface area contributed by atoms with Gasteiger partial charge in [-0.05, 0) is 18.4 Å². The van der Waals surface area contributed by atoms with Crippen molar-refractivity contribution in [3.63, 3.8) is 0 Å². The summed E-state index contributed by atoms with van der Waals surface area (Å²) in [5.41, 5.74) is 0.630. The molecule has 1 aliphatic heterocycles. The summed E-state index contributed by atoms with van der Waals surface area (Å²) in [4.78, 5) is 32.1. The highest BCUT2D eigenvalue weighted by atomic mass is 32.1. The van der Waals surface area contributed by atoms with Crippen LogP contribution in [0, 0.1) is 6.92 Å². The van der Waals surface area contributed by atoms with Crippen LogP contribution in [0.15, 0.2) is 21.9 Å². The molecule has 6 nitrogen and oxygen atoms in total. The molecule has 0 unspecified atom stereocenters. The number of likely N-dealkylation sites (N-methyl/N-ethyl adjacent to an activating group) is 1. The SMILES string of the molecule is Cc1oc(-c2cccs2)nc1CC(=O)N1CC(=O)N(C)C1. The lowest BCUT2D eigenvalue weighted by atomic mass is 10.2. The fourth-order valence-electron chi connectivity index (χ4n) is 2.19. The predicted octanol–water partition coefficient (Wildman–Crippen LogP) is 1.51. The summed E-state index contributed by atoms with van der Waals surface area (Å²) in [6, 6.07) is 3.85. The Bertz CT molecular complexity index is 678. The molecule has 2 aromatic rings. The van der Waals surface area contributed by atoms with Gasteiger partial charge in [0, 0.05) is 7.05 Å². The van der Waals surface area contributed by atoms with Crippen LogP contribution in [0.2, 0.25) is 0 Å². The highest BCUT2D eigenvalue weighted by Gasteiger charge is 2.29. The number of amides is 2. The van der Waals surface area contributed by atoms with Crippen LogP contribution in [0.3, 0.4) is 0 Å². The number of nitrogens with zero attached hydrogens (tertiary/aromatic N) is 3. The number of aromatic nitrogens is 1. The minimum absolute atomic E-state index is 0.0421. The second-order valence-corrected chi connectivity index (χ2v) is 5.95. The maximum Gasteiger partial charge on any atom is 0.243 e. The number of aryl methyl sites for hydroxylation is 1. The maximum absolute atomic E-state index is 12.2. The molecule has 1 aliphatic rings. The van der Waals surface area contributed by atoms with E-state index in [0.29, 0.717) is 24.0 Å². The second kappa shape index (κ2) is 5.33. The Kier molecular flexibility index (Phi) is 3.50. The summed E-state index contributed by atoms with van der Waals surface area (Å²) in [5.74, 6) is 1.03. The van der Waals surface area contributed by atoms with Crippen molar-refractivity contribution in [2.45, 2.75) is 13.3 Å². The Hall–Kier alpha value is -2.15. The lowest BCUT2D eigenvalue weighted by Crippen LogP contribution is -2.31. The van der Waals surface area contributed by atoms with E-state index in [-0.39, 0.29) is 24.8 Å². The van der Waals surface area contributed by atoms with E-state index in [1.807, 2.05) is 17.5 Å². The van der Waals surface area contributed by atoms with Crippen LogP contribution in [0.1, 0.15) is 11.5 Å². The average Bonchev–Trinajstić information content (AvgIpc) is 3.13. The van der Waals surface area contributed by atoms with Crippen molar-refractivity contribution in [3.8, 4) is 10.8 Å². The smallest absolute Gasteiger partial charge is 0.243 e. The minimum Gasteiger partial charge on any atom is -0.440 e. The van der Waals surface area contributed by atoms with E-state index in [0.717, 1.165) is 4.88 Å². The number of hydrogen-bond acceptors (Lipinski definition) is 5. The standard InChI is InChI=1S/C14H15N3O3S/c1-9-10(15-14(20-9)11-4-3-5-21-11)6-12(18)17-7-13(19)16(2)8-17/h3-5H,6-8H2,1-2H3. The van der Waals surface area contributed by atoms with Gasteiger partial charge >= 0.3 is 0 Å². The summed E-state index contributed by atoms with van der Waals surface area (Å²) >= 11 is 1.54. The van der Waals surface area contributed by atoms with Gasteiger partial charge in [0.15, 0.2) is 0 Å². The van der Waals surface area contributed by atoms with Crippen LogP contribution in [-0.4, -0.2) is 46.9 Å². The number of carbonyl (C=O) groups excluding carboxylic acids is 2. The van der Waals surface area contributed by atoms with Gasteiger partial charge in [-0.2, -0.15) is 0 Å². The molecule has 0 N–H and O–H groups in total. The summed E-state index contributed by atoms with van der Waals surface area (Å²) < 4.78 is 5.62. The molecule has 7 heteroatoms. The molecular weight excluding hydrogens is 290 g/mol. The molecule has 0 spiro atoms. The van der Waals surface area contributed by atoms with E-state index in [2.05, 4.69) is 4.98 Å². The first-order valence-electron chi connectivity index (χ1n) is 6.56. The Morgan fingerprint density at radius 3 is 2.95 bits per heavy atom. The zero-order valence-electron chi connectivity index (χ0n) is 11.8. The quantitative estimate of drug-likeness (QED) is 0.862. The van der Waals surface area contributed by atoms with Crippen LogP contribution in [0.4, 0.5) is 0 Å². The summed E-state index contributed by atoms with van der Waals surface area (Å²) in [7, 11) is 1.69. The molecule has 0 saturated carbocycles. The molecule has 1 fully saturated rings. The van der Waals surface area contributed by atoms with Crippen molar-refractivity contribution in [1.82, 2.24) is 14.8 Å². The zero-order valence-corrected chi connectivity index (χ0v) is 12.6. The van der Waals surface area contributed by atoms with Gasteiger partial charge in [0.05, 0.1) is 23.7 Å². The fraction of sp³-hybridized carbons (Fsp3) is 0.357. The third-order valence-corrected chi connectivity index (χ3v) is 4.29. The van der Waals surface area contributed by atoms with E-state index in [9.17, 15) is 9.59 Å². The van der Waals surface area contributed by atoms with Crippen molar-refractivity contribution in [2.24, 2.45) is 0 Å². The van der Waals surface area contributed by atoms with Crippen LogP contribution in [0.5, 0.6) is 0 Å². The number of oxazole rings is 1. The van der Waals surface area contributed by atoms with Gasteiger partial charge in [0.25, 0.3) is 0 Å². The lowest BCUT2D eigenvalue weighted by Gasteiger charge is -2.14. The summed E-state index contributed by atoms with van der Waals surface area (Å²) in [5, 5.41) is 1.95. The fourth-order valence-corrected chi connectivity index (χ4v) is 2.84. The Morgan fingerprint density at radius 2 is 2.33 bits per heavy atom. The third-order valence-electron chi connectivity index (χ3n) is 3.43. The monoisotopic (exact) mass is 305 g/mol. The normalized spacial score (nSPS) is 15.0. The first-order valence-corrected chi connectivity index (χ1v) is 7.44. The van der Waals surface area contributed by atoms with E-state index in [1.54, 1.807) is 14.0 Å². The largest absolute Gasteiger partial charge is 0.440 e. The Morgan fingerprint density at radius 1 is 1.52 bits per heavy atom. The van der Waals surface area contributed by atoms with Gasteiger partial charge in [0.2, 0.25) is 17.7 Å². The summed E-state index contributed by atoms with van der Waals surface area (Å²) in [6.07, 6.45) is 0.155. The second-order valence-electron chi connectivity index (χ2n) is 5.00. The Balaban J connectivity index is 1.73. The van der Waals surface area contributed by atoms with E-state index >= 15 is 0 Å². The molecule has 110 valence electrons. The molecule has 0 aromatic carbocycles. The molecule has 2 amide bonds. The highest BCUT2D eigenvalue weighted by Crippen LogP contribution is 2.26. The van der Waals surface area contributed by atoms with Crippen molar-refractivity contribution < 1.29 is 14.0 Å². The van der Waals surface area contributed by atoms with Crippen molar-refractivity contribution >= 4 is 23.2 Å². The maximum atomic E-state index is 12.2. The zero-order chi connectivity index (χ0) is 15.0. The molecule has 0 aliphatic carbocycles. The molecular formula is C14H15N3O3S. The third kappa shape index (κ3) is 2.69. The van der Waals surface area contributed by atoms with Gasteiger partial charge in [-0.1, -0.05) is 6.07 Å². The average molecular weight is 305 g/mol. The van der Waals surface area contributed by atoms with E-state index in [1.165, 1.54) is 21.1 Å². The van der Waals surface area contributed by atoms with E-state index in [4.69, 9.17) is 4.42 Å². The van der Waals surface area contributed by atoms with E-state index < -0.39 is 0 Å². The molecule has 21 heavy (non-hydrogen) atoms. The van der Waals surface area contributed by atoms with Crippen LogP contribution in [0.25, 0.3) is 10.8 Å². The van der Waals surface area contributed by atoms with Gasteiger partial charge in [-0.3, -0.25) is 9.59 Å². The minimum atomic E-state index is -0.109. The molecule has 1 saturated heterocycles. The first-order chi connectivity index (χ1) is 10.0. The number of rotatable bonds is 3. The highest BCUT2D eigenvalue weighted by molar-refractivity contribution is 7.13. The summed E-state index contributed by atoms with van der Waals surface area (Å²) in [6.45, 7) is 2.28. The molecule has 3 heterocycles.